The summed E-state index contributed by atoms with van der Waals surface area (Å²) in [5, 5.41) is 1.24. The van der Waals surface area contributed by atoms with E-state index >= 15 is 0 Å². The third kappa shape index (κ3) is 4.72. The number of likely N-dealkylation sites (tertiary alicyclic amines) is 2. The molecule has 0 atom stereocenters. The van der Waals surface area contributed by atoms with Crippen LogP contribution in [0, 0.1) is 0 Å². The second-order valence-corrected chi connectivity index (χ2v) is 10.5. The Balaban J connectivity index is 1.70. The molecule has 5 nitrogen and oxygen atoms in total. The molecule has 0 aliphatic carbocycles. The summed E-state index contributed by atoms with van der Waals surface area (Å²) in [4.78, 5) is 21.2. The zero-order valence-corrected chi connectivity index (χ0v) is 20.7. The number of hydroxylamine groups is 3. The largest absolute Gasteiger partial charge is 0.450 e. The van der Waals surface area contributed by atoms with Gasteiger partial charge in [0.25, 0.3) is 11.8 Å². The normalized spacial score (nSPS) is 20.6. The maximum atomic E-state index is 13.6. The van der Waals surface area contributed by atoms with Crippen LogP contribution in [0.1, 0.15) is 81.8 Å². The summed E-state index contributed by atoms with van der Waals surface area (Å²) in [6.45, 7) is 10.1. The lowest BCUT2D eigenvalue weighted by Gasteiger charge is -2.41. The molecule has 1 amide bonds. The van der Waals surface area contributed by atoms with Crippen LogP contribution >= 0.6 is 11.6 Å². The van der Waals surface area contributed by atoms with Gasteiger partial charge in [0.15, 0.2) is 5.76 Å². The average Bonchev–Trinajstić information content (AvgIpc) is 3.12. The number of hydrogen-bond acceptors (Lipinski definition) is 3. The van der Waals surface area contributed by atoms with Gasteiger partial charge in [0, 0.05) is 55.8 Å². The first-order valence-electron chi connectivity index (χ1n) is 12.0. The number of carbonyl (C=O) groups is 1. The molecule has 2 aromatic rings. The van der Waals surface area contributed by atoms with Crippen LogP contribution in [0.3, 0.4) is 0 Å². The molecule has 0 spiro atoms. The summed E-state index contributed by atoms with van der Waals surface area (Å²) in [6.07, 6.45) is 2.75. The van der Waals surface area contributed by atoms with Crippen LogP contribution in [0.2, 0.25) is 5.02 Å². The van der Waals surface area contributed by atoms with Crippen molar-refractivity contribution < 1.29 is 27.5 Å². The summed E-state index contributed by atoms with van der Waals surface area (Å²) in [5.41, 5.74) is 1.29. The minimum absolute atomic E-state index is 0.00426. The van der Waals surface area contributed by atoms with Crippen LogP contribution in [0.15, 0.2) is 16.5 Å². The first-order chi connectivity index (χ1) is 15.5. The molecule has 1 aromatic heterocycles. The lowest BCUT2D eigenvalue weighted by atomic mass is 9.98. The van der Waals surface area contributed by atoms with Crippen LogP contribution in [-0.2, 0) is 0 Å². The Morgan fingerprint density at radius 2 is 1.76 bits per heavy atom. The first-order valence-corrected chi connectivity index (χ1v) is 12.4. The van der Waals surface area contributed by atoms with Crippen LogP contribution < -0.4 is 4.84 Å². The molecule has 2 fully saturated rings. The maximum Gasteiger partial charge on any atom is 0.289 e. The Morgan fingerprint density at radius 1 is 1.12 bits per heavy atom. The number of fused-ring (bicyclic) bond motifs is 1. The van der Waals surface area contributed by atoms with E-state index in [9.17, 15) is 13.6 Å². The quantitative estimate of drug-likeness (QED) is 0.440. The van der Waals surface area contributed by atoms with Crippen molar-refractivity contribution in [3.63, 3.8) is 0 Å². The highest BCUT2D eigenvalue weighted by Crippen LogP contribution is 2.40. The number of halogens is 3. The topological polar surface area (TPSA) is 42.7 Å². The number of piperidine rings is 2. The molecule has 0 saturated carbocycles. The summed E-state index contributed by atoms with van der Waals surface area (Å²) in [7, 11) is 0. The SMILES string of the molecule is CC(C)c1c(C(=O)N2CCC(F)(F)CC2)oc2cc(O[N+]3(C(C)C)CCCCC3)c(Cl)cc12. The molecular formula is C25H34ClF2N2O3+. The van der Waals surface area contributed by atoms with Crippen molar-refractivity contribution in [2.75, 3.05) is 26.2 Å². The standard InChI is InChI=1S/C25H34ClF2N2O3/c1-16(2)22-18-14-19(26)21(33-30(17(3)4)12-6-5-7-13-30)15-20(18)32-23(22)24(31)29-10-8-25(27,28)9-11-29/h14-17H,5-13H2,1-4H3/q+1. The third-order valence-electron chi connectivity index (χ3n) is 7.13. The van der Waals surface area contributed by atoms with E-state index < -0.39 is 5.92 Å². The molecule has 4 rings (SSSR count). The van der Waals surface area contributed by atoms with E-state index in [1.54, 1.807) is 6.07 Å². The molecule has 1 aromatic carbocycles. The van der Waals surface area contributed by atoms with Gasteiger partial charge in [-0.25, -0.2) is 8.78 Å². The van der Waals surface area contributed by atoms with E-state index in [1.165, 1.54) is 11.3 Å². The van der Waals surface area contributed by atoms with Crippen molar-refractivity contribution in [1.29, 1.82) is 0 Å². The summed E-state index contributed by atoms with van der Waals surface area (Å²) >= 11 is 6.68. The Bertz CT molecular complexity index is 1020. The first kappa shape index (κ1) is 24.3. The van der Waals surface area contributed by atoms with E-state index in [2.05, 4.69) is 13.8 Å². The third-order valence-corrected chi connectivity index (χ3v) is 7.42. The van der Waals surface area contributed by atoms with Gasteiger partial charge in [-0.2, -0.15) is 0 Å². The van der Waals surface area contributed by atoms with Crippen molar-refractivity contribution in [3.05, 3.63) is 28.5 Å². The van der Waals surface area contributed by atoms with Crippen molar-refractivity contribution >= 4 is 28.5 Å². The van der Waals surface area contributed by atoms with Crippen LogP contribution in [0.4, 0.5) is 8.78 Å². The Labute approximate surface area is 199 Å². The van der Waals surface area contributed by atoms with Crippen molar-refractivity contribution in [1.82, 2.24) is 4.90 Å². The predicted molar refractivity (Wildman–Crippen MR) is 125 cm³/mol. The molecular weight excluding hydrogens is 450 g/mol. The van der Waals surface area contributed by atoms with Gasteiger partial charge in [0.2, 0.25) is 5.75 Å². The average molecular weight is 484 g/mol. The molecule has 0 radical (unpaired) electrons. The Kier molecular flexibility index (Phi) is 6.67. The van der Waals surface area contributed by atoms with E-state index in [0.717, 1.165) is 36.9 Å². The summed E-state index contributed by atoms with van der Waals surface area (Å²) in [6, 6.07) is 3.86. The molecule has 2 saturated heterocycles. The fourth-order valence-corrected chi connectivity index (χ4v) is 5.25. The van der Waals surface area contributed by atoms with Crippen molar-refractivity contribution in [3.8, 4) is 5.75 Å². The number of rotatable bonds is 5. The highest BCUT2D eigenvalue weighted by Gasteiger charge is 2.39. The number of nitrogens with zero attached hydrogens (tertiary/aromatic N) is 2. The molecule has 33 heavy (non-hydrogen) atoms. The molecule has 0 unspecified atom stereocenters. The van der Waals surface area contributed by atoms with E-state index in [0.29, 0.717) is 21.0 Å². The Hall–Kier alpha value is -1.86. The number of carbonyl (C=O) groups excluding carboxylic acids is 1. The van der Waals surface area contributed by atoms with E-state index in [-0.39, 0.29) is 49.6 Å². The van der Waals surface area contributed by atoms with Gasteiger partial charge in [-0.15, -0.1) is 4.65 Å². The molecule has 0 N–H and O–H groups in total. The highest BCUT2D eigenvalue weighted by molar-refractivity contribution is 6.33. The van der Waals surface area contributed by atoms with Gasteiger partial charge in [0.05, 0.1) is 5.02 Å². The van der Waals surface area contributed by atoms with Gasteiger partial charge in [-0.3, -0.25) is 4.79 Å². The molecule has 182 valence electrons. The summed E-state index contributed by atoms with van der Waals surface area (Å²) < 4.78 is 33.8. The van der Waals surface area contributed by atoms with Gasteiger partial charge in [-0.1, -0.05) is 25.4 Å². The predicted octanol–water partition coefficient (Wildman–Crippen LogP) is 6.78. The number of amides is 1. The van der Waals surface area contributed by atoms with Crippen LogP contribution in [-0.4, -0.2) is 53.6 Å². The zero-order chi connectivity index (χ0) is 24.0. The second kappa shape index (κ2) is 9.06. The van der Waals surface area contributed by atoms with Gasteiger partial charge >= 0.3 is 0 Å². The Morgan fingerprint density at radius 3 is 2.33 bits per heavy atom. The smallest absolute Gasteiger partial charge is 0.289 e. The molecule has 3 heterocycles. The zero-order valence-electron chi connectivity index (χ0n) is 19.9. The summed E-state index contributed by atoms with van der Waals surface area (Å²) in [5.74, 6) is -2.31. The monoisotopic (exact) mass is 483 g/mol. The van der Waals surface area contributed by atoms with Gasteiger partial charge in [0.1, 0.15) is 24.7 Å². The molecule has 8 heteroatoms. The van der Waals surface area contributed by atoms with Gasteiger partial charge in [-0.05, 0) is 32.3 Å². The number of quaternary nitrogens is 1. The van der Waals surface area contributed by atoms with Crippen LogP contribution in [0.5, 0.6) is 5.75 Å². The fourth-order valence-electron chi connectivity index (χ4n) is 5.06. The van der Waals surface area contributed by atoms with Crippen molar-refractivity contribution in [2.24, 2.45) is 0 Å². The highest BCUT2D eigenvalue weighted by atomic mass is 35.5. The molecule has 2 aliphatic heterocycles. The maximum absolute atomic E-state index is 13.6. The number of furan rings is 1. The fraction of sp³-hybridized carbons (Fsp3) is 0.640. The van der Waals surface area contributed by atoms with E-state index in [4.69, 9.17) is 20.9 Å². The molecule has 2 aliphatic rings. The van der Waals surface area contributed by atoms with E-state index in [1.807, 2.05) is 19.9 Å². The minimum Gasteiger partial charge on any atom is -0.450 e. The van der Waals surface area contributed by atoms with Gasteiger partial charge < -0.3 is 14.2 Å². The number of alkyl halides is 2. The lowest BCUT2D eigenvalue weighted by Crippen LogP contribution is -2.58. The second-order valence-electron chi connectivity index (χ2n) is 10.1. The number of benzene rings is 1. The molecule has 0 bridgehead atoms. The van der Waals surface area contributed by atoms with Crippen molar-refractivity contribution in [2.45, 2.75) is 77.7 Å². The van der Waals surface area contributed by atoms with Crippen LogP contribution in [0.25, 0.3) is 11.0 Å². The number of hydrogen-bond donors (Lipinski definition) is 0. The minimum atomic E-state index is -2.71. The lowest BCUT2D eigenvalue weighted by molar-refractivity contribution is -1.10.